The van der Waals surface area contributed by atoms with Crippen molar-refractivity contribution in [2.75, 3.05) is 6.61 Å². The Labute approximate surface area is 211 Å². The van der Waals surface area contributed by atoms with E-state index in [1.165, 1.54) is 18.5 Å². The average Bonchev–Trinajstić information content (AvgIpc) is 3.29. The molecule has 7 nitrogen and oxygen atoms in total. The molecule has 1 atom stereocenters. The van der Waals surface area contributed by atoms with Crippen molar-refractivity contribution in [1.82, 2.24) is 14.5 Å². The number of hydrogen-bond donors (Lipinski definition) is 0. The van der Waals surface area contributed by atoms with Gasteiger partial charge in [0.15, 0.2) is 6.04 Å². The van der Waals surface area contributed by atoms with Gasteiger partial charge in [-0.25, -0.2) is 9.78 Å². The fourth-order valence-electron chi connectivity index (χ4n) is 5.43. The summed E-state index contributed by atoms with van der Waals surface area (Å²) in [6, 6.07) is 7.15. The van der Waals surface area contributed by atoms with Gasteiger partial charge in [-0.2, -0.15) is 13.2 Å². The van der Waals surface area contributed by atoms with E-state index in [-0.39, 0.29) is 36.4 Å². The van der Waals surface area contributed by atoms with E-state index >= 15 is 0 Å². The number of hydrogen-bond acceptors (Lipinski definition) is 6. The maximum Gasteiger partial charge on any atom is 0.450 e. The van der Waals surface area contributed by atoms with Gasteiger partial charge >= 0.3 is 12.1 Å². The number of benzene rings is 1. The third kappa shape index (κ3) is 4.65. The predicted molar refractivity (Wildman–Crippen MR) is 131 cm³/mol. The summed E-state index contributed by atoms with van der Waals surface area (Å²) in [6.45, 7) is 1.92. The van der Waals surface area contributed by atoms with Gasteiger partial charge in [-0.05, 0) is 43.5 Å². The summed E-state index contributed by atoms with van der Waals surface area (Å²) in [5, 5.41) is 0. The van der Waals surface area contributed by atoms with Crippen molar-refractivity contribution in [2.45, 2.75) is 64.1 Å². The first-order chi connectivity index (χ1) is 17.7. The van der Waals surface area contributed by atoms with Gasteiger partial charge in [0.05, 0.1) is 23.7 Å². The highest BCUT2D eigenvalue weighted by molar-refractivity contribution is 6.27. The minimum Gasteiger partial charge on any atom is -0.464 e. The molecule has 2 fully saturated rings. The molecule has 2 saturated carbocycles. The summed E-state index contributed by atoms with van der Waals surface area (Å²) in [5.41, 5.74) is 1.68. The molecule has 0 unspecified atom stereocenters. The summed E-state index contributed by atoms with van der Waals surface area (Å²) in [6.07, 6.45) is 3.10. The van der Waals surface area contributed by atoms with Crippen molar-refractivity contribution >= 4 is 28.5 Å². The largest absolute Gasteiger partial charge is 0.464 e. The molecule has 3 aromatic rings. The molecule has 2 aliphatic rings. The number of ketones is 1. The Bertz CT molecular complexity index is 1360. The van der Waals surface area contributed by atoms with Crippen LogP contribution in [0, 0.1) is 5.41 Å². The predicted octanol–water partition coefficient (Wildman–Crippen LogP) is 5.28. The van der Waals surface area contributed by atoms with E-state index in [0.29, 0.717) is 11.1 Å². The maximum absolute atomic E-state index is 13.7. The normalized spacial score (nSPS) is 19.2. The molecule has 0 N–H and O–H groups in total. The lowest BCUT2D eigenvalue weighted by atomic mass is 9.58. The number of alkyl halides is 3. The third-order valence-corrected chi connectivity index (χ3v) is 7.33. The van der Waals surface area contributed by atoms with Gasteiger partial charge < -0.3 is 4.74 Å². The van der Waals surface area contributed by atoms with Crippen LogP contribution in [0.1, 0.15) is 56.8 Å². The van der Waals surface area contributed by atoms with Crippen LogP contribution in [-0.4, -0.2) is 44.6 Å². The number of esters is 1. The summed E-state index contributed by atoms with van der Waals surface area (Å²) in [7, 11) is 0. The number of carbonyl (C=O) groups is 2. The molecule has 0 bridgehead atoms. The first kappa shape index (κ1) is 25.1. The first-order valence-electron chi connectivity index (χ1n) is 12.5. The molecule has 5 rings (SSSR count). The number of carbonyl (C=O) groups excluding carboxylic acids is 2. The van der Waals surface area contributed by atoms with Crippen LogP contribution in [0.5, 0.6) is 0 Å². The standard InChI is InChI=1S/C27H27F3N4O3/c1-2-37-24(36)19(32-22-15-23(35)26(22)11-4-3-5-12-26)14-17-6-8-18(9-7-17)34-21-10-13-31-16-20(21)33-25(34)27(28,29)30/h6-10,13,16,19H,2-5,11-12,14-15H2,1H3/t19-/m0/s1. The smallest absolute Gasteiger partial charge is 0.450 e. The number of ether oxygens (including phenoxy) is 1. The molecule has 2 aromatic heterocycles. The molecule has 2 aliphatic carbocycles. The van der Waals surface area contributed by atoms with Gasteiger partial charge in [0.1, 0.15) is 11.3 Å². The molecule has 1 spiro atoms. The van der Waals surface area contributed by atoms with Crippen LogP contribution in [0.15, 0.2) is 47.7 Å². The number of pyridine rings is 1. The second-order valence-corrected chi connectivity index (χ2v) is 9.59. The van der Waals surface area contributed by atoms with Crippen LogP contribution >= 0.6 is 0 Å². The number of fused-ring (bicyclic) bond motifs is 1. The van der Waals surface area contributed by atoms with Gasteiger partial charge in [0, 0.05) is 30.4 Å². The number of halogens is 3. The minimum absolute atomic E-state index is 0.142. The van der Waals surface area contributed by atoms with E-state index < -0.39 is 29.4 Å². The highest BCUT2D eigenvalue weighted by atomic mass is 19.4. The highest BCUT2D eigenvalue weighted by Crippen LogP contribution is 2.47. The molecule has 194 valence electrons. The first-order valence-corrected chi connectivity index (χ1v) is 12.5. The maximum atomic E-state index is 13.7. The van der Waals surface area contributed by atoms with E-state index in [0.717, 1.165) is 42.4 Å². The van der Waals surface area contributed by atoms with Crippen molar-refractivity contribution in [1.29, 1.82) is 0 Å². The van der Waals surface area contributed by atoms with Gasteiger partial charge in [-0.1, -0.05) is 31.4 Å². The molecule has 0 saturated heterocycles. The lowest BCUT2D eigenvalue weighted by molar-refractivity contribution is -0.146. The zero-order valence-electron chi connectivity index (χ0n) is 20.4. The summed E-state index contributed by atoms with van der Waals surface area (Å²) in [5.74, 6) is -1.32. The number of imidazole rings is 1. The van der Waals surface area contributed by atoms with Gasteiger partial charge in [0.2, 0.25) is 5.82 Å². The second-order valence-electron chi connectivity index (χ2n) is 9.59. The minimum atomic E-state index is -4.65. The quantitative estimate of drug-likeness (QED) is 0.420. The van der Waals surface area contributed by atoms with Gasteiger partial charge in [0.25, 0.3) is 0 Å². The van der Waals surface area contributed by atoms with Crippen LogP contribution in [0.4, 0.5) is 13.2 Å². The molecular weight excluding hydrogens is 485 g/mol. The Morgan fingerprint density at radius 2 is 1.89 bits per heavy atom. The van der Waals surface area contributed by atoms with Crippen molar-refractivity contribution in [3.63, 3.8) is 0 Å². The topological polar surface area (TPSA) is 86.4 Å². The Morgan fingerprint density at radius 1 is 1.16 bits per heavy atom. The Balaban J connectivity index is 1.44. The van der Waals surface area contributed by atoms with E-state index in [1.807, 2.05) is 0 Å². The van der Waals surface area contributed by atoms with Crippen LogP contribution in [0.3, 0.4) is 0 Å². The SMILES string of the molecule is CCOC(=O)[C@H](Cc1ccc(-n2c(C(F)(F)F)nc3cnccc32)cc1)N=C1CC(=O)C12CCCCC2. The van der Waals surface area contributed by atoms with E-state index in [1.54, 1.807) is 31.2 Å². The zero-order chi connectivity index (χ0) is 26.2. The van der Waals surface area contributed by atoms with Crippen LogP contribution in [-0.2, 0) is 26.9 Å². The highest BCUT2D eigenvalue weighted by Gasteiger charge is 2.52. The summed E-state index contributed by atoms with van der Waals surface area (Å²) >= 11 is 0. The fourth-order valence-corrected chi connectivity index (χ4v) is 5.43. The summed E-state index contributed by atoms with van der Waals surface area (Å²) < 4.78 is 47.5. The lowest BCUT2D eigenvalue weighted by Crippen LogP contribution is -2.52. The van der Waals surface area contributed by atoms with Crippen LogP contribution < -0.4 is 0 Å². The van der Waals surface area contributed by atoms with Gasteiger partial charge in [-0.15, -0.1) is 0 Å². The van der Waals surface area contributed by atoms with Crippen molar-refractivity contribution in [2.24, 2.45) is 10.4 Å². The van der Waals surface area contributed by atoms with Crippen molar-refractivity contribution < 1.29 is 27.5 Å². The number of nitrogens with zero attached hydrogens (tertiary/aromatic N) is 4. The van der Waals surface area contributed by atoms with Crippen LogP contribution in [0.2, 0.25) is 0 Å². The van der Waals surface area contributed by atoms with Crippen molar-refractivity contribution in [3.05, 3.63) is 54.1 Å². The van der Waals surface area contributed by atoms with E-state index in [4.69, 9.17) is 9.73 Å². The fraction of sp³-hybridized carbons (Fsp3) is 0.444. The molecule has 1 aromatic carbocycles. The average molecular weight is 513 g/mol. The molecule has 0 aliphatic heterocycles. The molecule has 37 heavy (non-hydrogen) atoms. The van der Waals surface area contributed by atoms with E-state index in [9.17, 15) is 22.8 Å². The van der Waals surface area contributed by atoms with Crippen molar-refractivity contribution in [3.8, 4) is 5.69 Å². The number of Topliss-reactive ketones (excluding diaryl/α,β-unsaturated/α-hetero) is 1. The van der Waals surface area contributed by atoms with Gasteiger partial charge in [-0.3, -0.25) is 19.3 Å². The van der Waals surface area contributed by atoms with E-state index in [2.05, 4.69) is 9.97 Å². The lowest BCUT2D eigenvalue weighted by Gasteiger charge is -2.44. The third-order valence-electron chi connectivity index (χ3n) is 7.33. The monoisotopic (exact) mass is 512 g/mol. The Morgan fingerprint density at radius 3 is 2.54 bits per heavy atom. The molecule has 0 amide bonds. The summed E-state index contributed by atoms with van der Waals surface area (Å²) in [4.78, 5) is 37.6. The van der Waals surface area contributed by atoms with Crippen LogP contribution in [0.25, 0.3) is 16.7 Å². The molecule has 10 heteroatoms. The number of rotatable bonds is 6. The molecular formula is C27H27F3N4O3. The Hall–Kier alpha value is -3.56. The number of aromatic nitrogens is 3. The molecule has 2 heterocycles. The zero-order valence-corrected chi connectivity index (χ0v) is 20.4. The molecule has 0 radical (unpaired) electrons. The Kier molecular flexibility index (Phi) is 6.59. The number of aliphatic imine (C=N–C) groups is 1. The second kappa shape index (κ2) is 9.72.